The molecule has 5 rings (SSSR count). The largest absolute Gasteiger partial charge is 0.457 e. The molecule has 1 atom stereocenters. The molecule has 0 fully saturated rings. The molecule has 0 spiro atoms. The van der Waals surface area contributed by atoms with Crippen molar-refractivity contribution >= 4 is 28.8 Å². The minimum absolute atomic E-state index is 0.123. The van der Waals surface area contributed by atoms with Crippen molar-refractivity contribution in [1.29, 1.82) is 0 Å². The first-order valence-electron chi connectivity index (χ1n) is 11.5. The summed E-state index contributed by atoms with van der Waals surface area (Å²) in [6, 6.07) is 6.98. The van der Waals surface area contributed by atoms with E-state index in [9.17, 15) is 19.2 Å². The topological polar surface area (TPSA) is 114 Å². The molecule has 0 amide bonds. The number of ether oxygens (including phenoxy) is 3. The van der Waals surface area contributed by atoms with Gasteiger partial charge in [-0.05, 0) is 42.7 Å². The van der Waals surface area contributed by atoms with Crippen molar-refractivity contribution in [1.82, 2.24) is 9.55 Å². The van der Waals surface area contributed by atoms with Crippen LogP contribution in [0, 0.1) is 0 Å². The monoisotopic (exact) mass is 476 g/mol. The molecule has 0 radical (unpaired) electrons. The number of cyclic esters (lactones) is 1. The number of carbonyl (C=O) groups is 3. The predicted molar refractivity (Wildman–Crippen MR) is 125 cm³/mol. The van der Waals surface area contributed by atoms with E-state index in [0.717, 1.165) is 16.5 Å². The third kappa shape index (κ3) is 3.33. The molecule has 3 aromatic rings. The lowest BCUT2D eigenvalue weighted by Crippen LogP contribution is -2.47. The summed E-state index contributed by atoms with van der Waals surface area (Å²) in [5.41, 5.74) is 2.43. The van der Waals surface area contributed by atoms with Gasteiger partial charge in [-0.2, -0.15) is 0 Å². The van der Waals surface area contributed by atoms with E-state index < -0.39 is 23.5 Å². The van der Waals surface area contributed by atoms with Crippen LogP contribution in [0.5, 0.6) is 5.75 Å². The normalized spacial score (nSPS) is 17.9. The van der Waals surface area contributed by atoms with E-state index in [4.69, 9.17) is 19.2 Å². The van der Waals surface area contributed by atoms with Gasteiger partial charge in [0.2, 0.25) is 5.60 Å². The highest BCUT2D eigenvalue weighted by Gasteiger charge is 2.50. The van der Waals surface area contributed by atoms with E-state index in [0.29, 0.717) is 46.7 Å². The van der Waals surface area contributed by atoms with Crippen LogP contribution in [0.2, 0.25) is 0 Å². The SMILES string of the molecule is CCc1c2c(nc3ccc(OC(C)=O)cc13)-c1cc3c(c(=O)n1C2)COC(=O)[C@@]3(CC)OC(C)=O. The minimum Gasteiger partial charge on any atom is -0.457 e. The van der Waals surface area contributed by atoms with Crippen LogP contribution in [0.1, 0.15) is 56.4 Å². The van der Waals surface area contributed by atoms with Crippen molar-refractivity contribution in [2.75, 3.05) is 0 Å². The summed E-state index contributed by atoms with van der Waals surface area (Å²) in [4.78, 5) is 54.6. The molecule has 0 aliphatic carbocycles. The van der Waals surface area contributed by atoms with Gasteiger partial charge in [-0.3, -0.25) is 14.4 Å². The lowest BCUT2D eigenvalue weighted by molar-refractivity contribution is -0.188. The van der Waals surface area contributed by atoms with Crippen molar-refractivity contribution in [2.24, 2.45) is 0 Å². The van der Waals surface area contributed by atoms with Crippen molar-refractivity contribution in [3.63, 3.8) is 0 Å². The number of aryl methyl sites for hydroxylation is 1. The van der Waals surface area contributed by atoms with Gasteiger partial charge in [-0.1, -0.05) is 13.8 Å². The van der Waals surface area contributed by atoms with Gasteiger partial charge in [0.05, 0.1) is 29.0 Å². The molecule has 9 heteroatoms. The molecule has 0 saturated carbocycles. The zero-order valence-corrected chi connectivity index (χ0v) is 19.9. The predicted octanol–water partition coefficient (Wildman–Crippen LogP) is 3.14. The number of fused-ring (bicyclic) bond motifs is 5. The lowest BCUT2D eigenvalue weighted by Gasteiger charge is -2.35. The van der Waals surface area contributed by atoms with E-state index in [2.05, 4.69) is 0 Å². The van der Waals surface area contributed by atoms with Gasteiger partial charge in [-0.25, -0.2) is 9.78 Å². The van der Waals surface area contributed by atoms with Gasteiger partial charge in [0.15, 0.2) is 0 Å². The summed E-state index contributed by atoms with van der Waals surface area (Å²) in [7, 11) is 0. The molecule has 0 bridgehead atoms. The second kappa shape index (κ2) is 8.04. The fraction of sp³-hybridized carbons (Fsp3) is 0.346. The van der Waals surface area contributed by atoms with Crippen LogP contribution in [-0.4, -0.2) is 27.5 Å². The van der Waals surface area contributed by atoms with Crippen LogP contribution < -0.4 is 10.3 Å². The highest BCUT2D eigenvalue weighted by molar-refractivity contribution is 5.91. The van der Waals surface area contributed by atoms with Crippen LogP contribution in [0.3, 0.4) is 0 Å². The average Bonchev–Trinajstić information content (AvgIpc) is 3.17. The maximum absolute atomic E-state index is 13.6. The number of hydrogen-bond donors (Lipinski definition) is 0. The number of esters is 3. The first-order chi connectivity index (χ1) is 16.7. The molecular formula is C26H24N2O7. The van der Waals surface area contributed by atoms with Crippen molar-refractivity contribution in [3.05, 3.63) is 56.9 Å². The van der Waals surface area contributed by atoms with Crippen LogP contribution in [0.4, 0.5) is 0 Å². The third-order valence-corrected chi connectivity index (χ3v) is 6.68. The number of aromatic nitrogens is 2. The second-order valence-electron chi connectivity index (χ2n) is 8.71. The zero-order valence-electron chi connectivity index (χ0n) is 19.9. The maximum Gasteiger partial charge on any atom is 0.355 e. The van der Waals surface area contributed by atoms with E-state index >= 15 is 0 Å². The summed E-state index contributed by atoms with van der Waals surface area (Å²) in [5, 5.41) is 0.844. The van der Waals surface area contributed by atoms with E-state index in [1.165, 1.54) is 13.8 Å². The lowest BCUT2D eigenvalue weighted by atomic mass is 9.85. The van der Waals surface area contributed by atoms with Crippen LogP contribution in [0.25, 0.3) is 22.3 Å². The van der Waals surface area contributed by atoms with Crippen LogP contribution in [-0.2, 0) is 49.0 Å². The van der Waals surface area contributed by atoms with Gasteiger partial charge in [0.25, 0.3) is 5.56 Å². The summed E-state index contributed by atoms with van der Waals surface area (Å²) >= 11 is 0. The van der Waals surface area contributed by atoms with Gasteiger partial charge in [0.1, 0.15) is 12.4 Å². The molecule has 1 aromatic carbocycles. The quantitative estimate of drug-likeness (QED) is 0.326. The van der Waals surface area contributed by atoms with Gasteiger partial charge in [0, 0.05) is 30.4 Å². The third-order valence-electron chi connectivity index (χ3n) is 6.68. The molecule has 0 N–H and O–H groups in total. The first kappa shape index (κ1) is 22.8. The fourth-order valence-corrected chi connectivity index (χ4v) is 5.18. The summed E-state index contributed by atoms with van der Waals surface area (Å²) in [6.07, 6.45) is 0.791. The Balaban J connectivity index is 1.76. The Morgan fingerprint density at radius 1 is 1.11 bits per heavy atom. The number of carbonyl (C=O) groups excluding carboxylic acids is 3. The Morgan fingerprint density at radius 2 is 1.89 bits per heavy atom. The first-order valence-corrected chi connectivity index (χ1v) is 11.5. The average molecular weight is 476 g/mol. The Morgan fingerprint density at radius 3 is 2.54 bits per heavy atom. The van der Waals surface area contributed by atoms with E-state index in [1.807, 2.05) is 6.92 Å². The maximum atomic E-state index is 13.6. The smallest absolute Gasteiger partial charge is 0.355 e. The summed E-state index contributed by atoms with van der Waals surface area (Å²) < 4.78 is 17.7. The Kier molecular flexibility index (Phi) is 5.23. The van der Waals surface area contributed by atoms with Crippen LogP contribution in [0.15, 0.2) is 29.1 Å². The molecule has 2 aliphatic heterocycles. The van der Waals surface area contributed by atoms with Gasteiger partial charge in [-0.15, -0.1) is 0 Å². The molecule has 180 valence electrons. The minimum atomic E-state index is -1.68. The number of hydrogen-bond acceptors (Lipinski definition) is 8. The van der Waals surface area contributed by atoms with Gasteiger partial charge >= 0.3 is 17.9 Å². The zero-order chi connectivity index (χ0) is 25.1. The van der Waals surface area contributed by atoms with Crippen LogP contribution >= 0.6 is 0 Å². The van der Waals surface area contributed by atoms with Crippen molar-refractivity contribution < 1.29 is 28.6 Å². The molecular weight excluding hydrogens is 452 g/mol. The molecule has 35 heavy (non-hydrogen) atoms. The van der Waals surface area contributed by atoms with Gasteiger partial charge < -0.3 is 18.8 Å². The Bertz CT molecular complexity index is 1500. The summed E-state index contributed by atoms with van der Waals surface area (Å²) in [5.74, 6) is -1.32. The Labute approximate surface area is 200 Å². The highest BCUT2D eigenvalue weighted by Crippen LogP contribution is 2.42. The second-order valence-corrected chi connectivity index (χ2v) is 8.71. The van der Waals surface area contributed by atoms with Crippen molar-refractivity contribution in [3.8, 4) is 17.1 Å². The number of rotatable bonds is 4. The molecule has 0 saturated heterocycles. The molecule has 9 nitrogen and oxygen atoms in total. The molecule has 2 aliphatic rings. The molecule has 2 aromatic heterocycles. The standard InChI is InChI=1S/C26H24N2O7/c1-5-16-17-9-15(34-13(3)29)7-8-21(17)27-23-18(16)11-28-22(23)10-20-19(24(28)31)12-33-25(32)26(20,6-2)35-14(4)30/h7-10H,5-6,11-12H2,1-4H3/t26-/m0/s1. The highest BCUT2D eigenvalue weighted by atomic mass is 16.6. The van der Waals surface area contributed by atoms with Crippen molar-refractivity contribution in [2.45, 2.75) is 59.3 Å². The summed E-state index contributed by atoms with van der Waals surface area (Å²) in [6.45, 7) is 6.41. The molecule has 4 heterocycles. The Hall–Kier alpha value is -4.01. The number of nitrogens with zero attached hydrogens (tertiary/aromatic N) is 2. The fourth-order valence-electron chi connectivity index (χ4n) is 5.18. The molecule has 0 unspecified atom stereocenters. The number of benzene rings is 1. The number of pyridine rings is 2. The van der Waals surface area contributed by atoms with E-state index in [1.54, 1.807) is 35.8 Å². The van der Waals surface area contributed by atoms with E-state index in [-0.39, 0.29) is 18.6 Å².